The van der Waals surface area contributed by atoms with E-state index in [-0.39, 0.29) is 23.6 Å². The molecule has 5 rings (SSSR count). The van der Waals surface area contributed by atoms with E-state index in [4.69, 9.17) is 14.2 Å². The van der Waals surface area contributed by atoms with Gasteiger partial charge in [0.15, 0.2) is 11.6 Å². The molecule has 0 amide bonds. The van der Waals surface area contributed by atoms with Crippen molar-refractivity contribution in [2.75, 3.05) is 20.3 Å². The van der Waals surface area contributed by atoms with Crippen molar-refractivity contribution in [1.29, 1.82) is 0 Å². The highest BCUT2D eigenvalue weighted by molar-refractivity contribution is 6.04. The van der Waals surface area contributed by atoms with Gasteiger partial charge in [0.05, 0.1) is 25.9 Å². The number of ketones is 2. The van der Waals surface area contributed by atoms with Gasteiger partial charge in [-0.05, 0) is 54.5 Å². The van der Waals surface area contributed by atoms with Crippen LogP contribution in [-0.2, 0) is 4.74 Å². The van der Waals surface area contributed by atoms with Crippen molar-refractivity contribution in [3.63, 3.8) is 0 Å². The molecule has 2 aromatic carbocycles. The number of hydrogen-bond donors (Lipinski definition) is 0. The van der Waals surface area contributed by atoms with Gasteiger partial charge in [-0.2, -0.15) is 0 Å². The van der Waals surface area contributed by atoms with Gasteiger partial charge >= 0.3 is 0 Å². The molecule has 5 atom stereocenters. The van der Waals surface area contributed by atoms with Gasteiger partial charge in [-0.15, -0.1) is 0 Å². The average Bonchev–Trinajstić information content (AvgIpc) is 3.10. The standard InChI is InChI=1S/C26H28O5/c1-4-23(27)19-9-16(24(28)11-18-21-12-30-13-22(18)21)10-20-25(14(2)31-26(19)20)15-6-5-7-17(8-15)29-3/h5-10,14,18,21-22,25H,4,11-13H2,1-3H3/t14-,18?,21-,22+,25+/m1/s1. The van der Waals surface area contributed by atoms with Gasteiger partial charge < -0.3 is 14.2 Å². The highest BCUT2D eigenvalue weighted by Gasteiger charge is 2.54. The van der Waals surface area contributed by atoms with E-state index in [0.717, 1.165) is 30.1 Å². The van der Waals surface area contributed by atoms with E-state index in [1.54, 1.807) is 13.2 Å². The topological polar surface area (TPSA) is 61.8 Å². The molecule has 2 aromatic rings. The summed E-state index contributed by atoms with van der Waals surface area (Å²) in [6, 6.07) is 11.6. The number of methoxy groups -OCH3 is 1. The van der Waals surface area contributed by atoms with E-state index in [1.165, 1.54) is 0 Å². The number of benzene rings is 2. The molecule has 0 spiro atoms. The molecule has 0 aromatic heterocycles. The van der Waals surface area contributed by atoms with Gasteiger partial charge in [0.1, 0.15) is 17.6 Å². The van der Waals surface area contributed by atoms with Crippen molar-refractivity contribution >= 4 is 11.6 Å². The van der Waals surface area contributed by atoms with Crippen LogP contribution < -0.4 is 9.47 Å². The Morgan fingerprint density at radius 2 is 1.87 bits per heavy atom. The molecule has 1 unspecified atom stereocenters. The Labute approximate surface area is 182 Å². The van der Waals surface area contributed by atoms with Crippen LogP contribution in [0.25, 0.3) is 0 Å². The third-order valence-electron chi connectivity index (χ3n) is 7.17. The van der Waals surface area contributed by atoms with Crippen LogP contribution in [0.15, 0.2) is 36.4 Å². The second-order valence-electron chi connectivity index (χ2n) is 8.95. The highest BCUT2D eigenvalue weighted by atomic mass is 16.5. The summed E-state index contributed by atoms with van der Waals surface area (Å²) in [4.78, 5) is 26.0. The zero-order valence-electron chi connectivity index (χ0n) is 18.2. The van der Waals surface area contributed by atoms with Crippen LogP contribution in [-0.4, -0.2) is 38.0 Å². The molecule has 0 radical (unpaired) electrons. The van der Waals surface area contributed by atoms with Crippen molar-refractivity contribution in [3.8, 4) is 11.5 Å². The lowest BCUT2D eigenvalue weighted by molar-refractivity contribution is 0.0950. The number of hydrogen-bond acceptors (Lipinski definition) is 5. The fraction of sp³-hybridized carbons (Fsp3) is 0.462. The molecule has 3 aliphatic rings. The van der Waals surface area contributed by atoms with Crippen molar-refractivity contribution in [2.24, 2.45) is 17.8 Å². The summed E-state index contributed by atoms with van der Waals surface area (Å²) in [5, 5.41) is 0. The maximum atomic E-state index is 13.2. The van der Waals surface area contributed by atoms with Crippen LogP contribution in [0.4, 0.5) is 0 Å². The van der Waals surface area contributed by atoms with E-state index in [0.29, 0.717) is 47.5 Å². The molecule has 1 aliphatic carbocycles. The van der Waals surface area contributed by atoms with Gasteiger partial charge in [0.25, 0.3) is 0 Å². The maximum absolute atomic E-state index is 13.2. The predicted molar refractivity (Wildman–Crippen MR) is 116 cm³/mol. The van der Waals surface area contributed by atoms with Gasteiger partial charge in [0, 0.05) is 29.9 Å². The molecule has 1 saturated carbocycles. The Morgan fingerprint density at radius 1 is 1.10 bits per heavy atom. The predicted octanol–water partition coefficient (Wildman–Crippen LogP) is 4.67. The summed E-state index contributed by atoms with van der Waals surface area (Å²) in [5.41, 5.74) is 3.12. The van der Waals surface area contributed by atoms with E-state index >= 15 is 0 Å². The number of fused-ring (bicyclic) bond motifs is 2. The van der Waals surface area contributed by atoms with Crippen LogP contribution in [0.3, 0.4) is 0 Å². The molecular formula is C26H28O5. The highest BCUT2D eigenvalue weighted by Crippen LogP contribution is 2.53. The molecular weight excluding hydrogens is 392 g/mol. The van der Waals surface area contributed by atoms with Crippen LogP contribution in [0.2, 0.25) is 0 Å². The van der Waals surface area contributed by atoms with Crippen molar-refractivity contribution in [2.45, 2.75) is 38.7 Å². The second-order valence-corrected chi connectivity index (χ2v) is 8.95. The Hall–Kier alpha value is -2.66. The molecule has 162 valence electrons. The summed E-state index contributed by atoms with van der Waals surface area (Å²) in [5.74, 6) is 2.93. The zero-order valence-corrected chi connectivity index (χ0v) is 18.2. The number of Topliss-reactive ketones (excluding diaryl/α,β-unsaturated/α-hetero) is 2. The molecule has 31 heavy (non-hydrogen) atoms. The van der Waals surface area contributed by atoms with Crippen LogP contribution in [0, 0.1) is 17.8 Å². The van der Waals surface area contributed by atoms with E-state index in [1.807, 2.05) is 44.2 Å². The van der Waals surface area contributed by atoms with Crippen molar-refractivity contribution in [1.82, 2.24) is 0 Å². The molecule has 5 nitrogen and oxygen atoms in total. The molecule has 0 N–H and O–H groups in total. The number of ether oxygens (including phenoxy) is 3. The Balaban J connectivity index is 1.53. The second kappa shape index (κ2) is 7.79. The van der Waals surface area contributed by atoms with Crippen molar-refractivity contribution < 1.29 is 23.8 Å². The first-order valence-electron chi connectivity index (χ1n) is 11.1. The minimum Gasteiger partial charge on any atom is -0.497 e. The van der Waals surface area contributed by atoms with E-state index in [2.05, 4.69) is 0 Å². The first-order chi connectivity index (χ1) is 15.0. The normalized spacial score (nSPS) is 27.9. The average molecular weight is 421 g/mol. The lowest BCUT2D eigenvalue weighted by Gasteiger charge is -2.16. The Kier molecular flexibility index (Phi) is 5.09. The molecule has 1 saturated heterocycles. The minimum atomic E-state index is -0.143. The van der Waals surface area contributed by atoms with Crippen LogP contribution in [0.5, 0.6) is 11.5 Å². The fourth-order valence-electron chi connectivity index (χ4n) is 5.36. The maximum Gasteiger partial charge on any atom is 0.166 e. The SMILES string of the molecule is CCC(=O)c1cc(C(=O)CC2[C@H]3COC[C@@H]23)cc2c1O[C@H](C)[C@H]2c1cccc(OC)c1. The largest absolute Gasteiger partial charge is 0.497 e. The molecule has 2 aliphatic heterocycles. The number of rotatable bonds is 7. The smallest absolute Gasteiger partial charge is 0.166 e. The summed E-state index contributed by atoms with van der Waals surface area (Å²) < 4.78 is 17.1. The molecule has 5 heteroatoms. The van der Waals surface area contributed by atoms with E-state index < -0.39 is 0 Å². The lowest BCUT2D eigenvalue weighted by atomic mass is 9.85. The number of carbonyl (C=O) groups is 2. The number of carbonyl (C=O) groups excluding carboxylic acids is 2. The summed E-state index contributed by atoms with van der Waals surface area (Å²) >= 11 is 0. The minimum absolute atomic E-state index is 0.00100. The van der Waals surface area contributed by atoms with Crippen LogP contribution in [0.1, 0.15) is 64.4 Å². The van der Waals surface area contributed by atoms with Gasteiger partial charge in [-0.1, -0.05) is 19.1 Å². The lowest BCUT2D eigenvalue weighted by Crippen LogP contribution is -2.15. The fourth-order valence-corrected chi connectivity index (χ4v) is 5.36. The monoisotopic (exact) mass is 420 g/mol. The summed E-state index contributed by atoms with van der Waals surface area (Å²) in [6.45, 7) is 5.40. The Bertz CT molecular complexity index is 1030. The van der Waals surface area contributed by atoms with Gasteiger partial charge in [0.2, 0.25) is 0 Å². The summed E-state index contributed by atoms with van der Waals surface area (Å²) in [7, 11) is 1.65. The third-order valence-corrected chi connectivity index (χ3v) is 7.17. The molecule has 0 bridgehead atoms. The third kappa shape index (κ3) is 3.45. The summed E-state index contributed by atoms with van der Waals surface area (Å²) in [6.07, 6.45) is 0.753. The van der Waals surface area contributed by atoms with Crippen molar-refractivity contribution in [3.05, 3.63) is 58.7 Å². The molecule has 2 heterocycles. The zero-order chi connectivity index (χ0) is 21.7. The first kappa shape index (κ1) is 20.3. The van der Waals surface area contributed by atoms with Gasteiger partial charge in [-0.3, -0.25) is 9.59 Å². The van der Waals surface area contributed by atoms with Crippen LogP contribution >= 0.6 is 0 Å². The van der Waals surface area contributed by atoms with E-state index in [9.17, 15) is 9.59 Å². The molecule has 2 fully saturated rings. The van der Waals surface area contributed by atoms with Gasteiger partial charge in [-0.25, -0.2) is 0 Å². The first-order valence-corrected chi connectivity index (χ1v) is 11.1. The quantitative estimate of drug-likeness (QED) is 0.610. The Morgan fingerprint density at radius 3 is 2.58 bits per heavy atom.